The molecule has 1 atom stereocenters. The number of nitrogens with one attached hydrogen (secondary N) is 1. The molecule has 5 rings (SSSR count). The lowest BCUT2D eigenvalue weighted by molar-refractivity contribution is -0.153. The van der Waals surface area contributed by atoms with Crippen molar-refractivity contribution in [3.05, 3.63) is 84.0 Å². The first-order valence-electron chi connectivity index (χ1n) is 8.72. The lowest BCUT2D eigenvalue weighted by Gasteiger charge is -2.06. The van der Waals surface area contributed by atoms with Crippen molar-refractivity contribution in [3.8, 4) is 11.1 Å². The number of rotatable bonds is 3. The molecule has 8 heteroatoms. The molecule has 0 spiro atoms. The number of alkyl halides is 3. The Morgan fingerprint density at radius 1 is 0.931 bits per heavy atom. The number of amidine groups is 1. The van der Waals surface area contributed by atoms with Gasteiger partial charge in [0.05, 0.1) is 6.26 Å². The average Bonchev–Trinajstić information content (AvgIpc) is 3.45. The first-order valence-corrected chi connectivity index (χ1v) is 8.72. The van der Waals surface area contributed by atoms with E-state index in [0.717, 1.165) is 11.0 Å². The molecule has 146 valence electrons. The first kappa shape index (κ1) is 17.6. The molecule has 4 aromatic rings. The van der Waals surface area contributed by atoms with Gasteiger partial charge in [0.15, 0.2) is 11.6 Å². The van der Waals surface area contributed by atoms with Gasteiger partial charge in [0.1, 0.15) is 5.58 Å². The Labute approximate surface area is 162 Å². The largest absolute Gasteiger partial charge is 0.464 e. The number of furan rings is 2. The van der Waals surface area contributed by atoms with Crippen molar-refractivity contribution in [2.75, 3.05) is 0 Å². The maximum absolute atomic E-state index is 13.5. The number of nitrogens with zero attached hydrogens (tertiary/aromatic N) is 1. The molecule has 5 nitrogen and oxygen atoms in total. The molecule has 1 N–H and O–H groups in total. The predicted octanol–water partition coefficient (Wildman–Crippen LogP) is 5.69. The second-order valence-corrected chi connectivity index (χ2v) is 6.48. The van der Waals surface area contributed by atoms with Crippen molar-refractivity contribution in [3.63, 3.8) is 0 Å². The Bertz CT molecular complexity index is 1210. The highest BCUT2D eigenvalue weighted by molar-refractivity contribution is 6.01. The third-order valence-electron chi connectivity index (χ3n) is 4.58. The van der Waals surface area contributed by atoms with Gasteiger partial charge in [0, 0.05) is 16.5 Å². The van der Waals surface area contributed by atoms with E-state index in [0.29, 0.717) is 17.0 Å². The van der Waals surface area contributed by atoms with E-state index in [1.807, 2.05) is 6.07 Å². The summed E-state index contributed by atoms with van der Waals surface area (Å²) >= 11 is 0. The Hall–Kier alpha value is -3.52. The first-order chi connectivity index (χ1) is 14.0. The van der Waals surface area contributed by atoms with Gasteiger partial charge in [-0.15, -0.1) is 0 Å². The Morgan fingerprint density at radius 2 is 1.76 bits per heavy atom. The third kappa shape index (κ3) is 3.17. The highest BCUT2D eigenvalue weighted by Gasteiger charge is 2.40. The third-order valence-corrected chi connectivity index (χ3v) is 4.58. The fraction of sp³-hybridized carbons (Fsp3) is 0.0952. The number of hydrogen-bond acceptors (Lipinski definition) is 5. The fourth-order valence-electron chi connectivity index (χ4n) is 3.23. The molecule has 0 saturated heterocycles. The van der Waals surface area contributed by atoms with Crippen LogP contribution >= 0.6 is 0 Å². The van der Waals surface area contributed by atoms with Crippen molar-refractivity contribution in [1.82, 2.24) is 5.48 Å². The van der Waals surface area contributed by atoms with Crippen molar-refractivity contribution in [2.24, 2.45) is 4.99 Å². The average molecular weight is 398 g/mol. The summed E-state index contributed by atoms with van der Waals surface area (Å²) in [6, 6.07) is 16.8. The molecule has 1 unspecified atom stereocenters. The van der Waals surface area contributed by atoms with E-state index in [2.05, 4.69) is 10.5 Å². The van der Waals surface area contributed by atoms with E-state index in [1.165, 1.54) is 6.07 Å². The highest BCUT2D eigenvalue weighted by atomic mass is 19.4. The van der Waals surface area contributed by atoms with Crippen LogP contribution in [0.15, 0.2) is 80.8 Å². The summed E-state index contributed by atoms with van der Waals surface area (Å²) in [5.41, 5.74) is 4.44. The zero-order valence-electron chi connectivity index (χ0n) is 14.7. The quantitative estimate of drug-likeness (QED) is 0.482. The summed E-state index contributed by atoms with van der Waals surface area (Å²) in [5, 5.41) is 0.874. The van der Waals surface area contributed by atoms with E-state index in [9.17, 15) is 13.2 Å². The topological polar surface area (TPSA) is 59.9 Å². The van der Waals surface area contributed by atoms with Gasteiger partial charge in [-0.3, -0.25) is 0 Å². The van der Waals surface area contributed by atoms with E-state index >= 15 is 0 Å². The van der Waals surface area contributed by atoms with Crippen LogP contribution in [-0.2, 0) is 11.0 Å². The van der Waals surface area contributed by atoms with Crippen LogP contribution in [0.5, 0.6) is 0 Å². The second kappa shape index (κ2) is 6.52. The zero-order valence-corrected chi connectivity index (χ0v) is 14.7. The number of halogens is 3. The summed E-state index contributed by atoms with van der Waals surface area (Å²) in [4.78, 5) is 9.72. The van der Waals surface area contributed by atoms with Crippen LogP contribution in [0.4, 0.5) is 13.2 Å². The smallest absolute Gasteiger partial charge is 0.450 e. The number of benzene rings is 2. The Kier molecular flexibility index (Phi) is 3.95. The van der Waals surface area contributed by atoms with E-state index in [4.69, 9.17) is 13.7 Å². The van der Waals surface area contributed by atoms with E-state index in [-0.39, 0.29) is 11.3 Å². The van der Waals surface area contributed by atoms with Crippen LogP contribution in [-0.4, -0.2) is 5.84 Å². The van der Waals surface area contributed by atoms with Gasteiger partial charge in [-0.1, -0.05) is 30.3 Å². The van der Waals surface area contributed by atoms with Gasteiger partial charge in [-0.05, 0) is 35.9 Å². The molecule has 3 heterocycles. The molecule has 0 saturated carbocycles. The molecule has 1 aliphatic rings. The number of aliphatic imine (C=N–C) groups is 1. The molecule has 29 heavy (non-hydrogen) atoms. The van der Waals surface area contributed by atoms with Crippen molar-refractivity contribution < 1.29 is 26.8 Å². The van der Waals surface area contributed by atoms with Crippen LogP contribution in [0.25, 0.3) is 22.1 Å². The molecular formula is C21H13F3N2O3. The van der Waals surface area contributed by atoms with Gasteiger partial charge in [0.2, 0.25) is 12.0 Å². The Morgan fingerprint density at radius 3 is 2.55 bits per heavy atom. The SMILES string of the molecule is FC(F)(F)c1oc(C2N=C(c3ccc4occc4c3)NO2)cc1-c1ccccc1. The van der Waals surface area contributed by atoms with Crippen molar-refractivity contribution in [2.45, 2.75) is 12.4 Å². The monoisotopic (exact) mass is 398 g/mol. The molecule has 1 aliphatic heterocycles. The summed E-state index contributed by atoms with van der Waals surface area (Å²) in [5.74, 6) is -0.724. The molecular weight excluding hydrogens is 385 g/mol. The number of hydroxylamine groups is 1. The molecule has 0 amide bonds. The predicted molar refractivity (Wildman–Crippen MR) is 98.9 cm³/mol. The normalized spacial score (nSPS) is 16.8. The summed E-state index contributed by atoms with van der Waals surface area (Å²) < 4.78 is 50.9. The van der Waals surface area contributed by atoms with Gasteiger partial charge >= 0.3 is 6.18 Å². The van der Waals surface area contributed by atoms with Crippen LogP contribution in [0.2, 0.25) is 0 Å². The van der Waals surface area contributed by atoms with E-state index < -0.39 is 18.2 Å². The minimum atomic E-state index is -4.64. The van der Waals surface area contributed by atoms with Gasteiger partial charge < -0.3 is 8.83 Å². The van der Waals surface area contributed by atoms with Crippen LogP contribution in [0, 0.1) is 0 Å². The lowest BCUT2D eigenvalue weighted by atomic mass is 10.1. The molecule has 2 aromatic heterocycles. The Balaban J connectivity index is 1.52. The number of hydrogen-bond donors (Lipinski definition) is 1. The maximum atomic E-state index is 13.5. The molecule has 2 aromatic carbocycles. The molecule has 0 radical (unpaired) electrons. The van der Waals surface area contributed by atoms with Crippen LogP contribution < -0.4 is 5.48 Å². The van der Waals surface area contributed by atoms with E-state index in [1.54, 1.807) is 54.8 Å². The van der Waals surface area contributed by atoms with Crippen LogP contribution in [0.3, 0.4) is 0 Å². The van der Waals surface area contributed by atoms with Crippen molar-refractivity contribution >= 4 is 16.8 Å². The van der Waals surface area contributed by atoms with Gasteiger partial charge in [-0.25, -0.2) is 15.3 Å². The molecule has 0 aliphatic carbocycles. The summed E-state index contributed by atoms with van der Waals surface area (Å²) in [6.07, 6.45) is -4.11. The highest BCUT2D eigenvalue weighted by Crippen LogP contribution is 2.41. The summed E-state index contributed by atoms with van der Waals surface area (Å²) in [6.45, 7) is 0. The lowest BCUT2D eigenvalue weighted by Crippen LogP contribution is -2.17. The zero-order chi connectivity index (χ0) is 20.0. The number of fused-ring (bicyclic) bond motifs is 1. The van der Waals surface area contributed by atoms with Crippen molar-refractivity contribution in [1.29, 1.82) is 0 Å². The van der Waals surface area contributed by atoms with Gasteiger partial charge in [-0.2, -0.15) is 13.2 Å². The molecule has 0 fully saturated rings. The van der Waals surface area contributed by atoms with Gasteiger partial charge in [0.25, 0.3) is 0 Å². The minimum absolute atomic E-state index is 0.0388. The summed E-state index contributed by atoms with van der Waals surface area (Å²) in [7, 11) is 0. The fourth-order valence-corrected chi connectivity index (χ4v) is 3.23. The van der Waals surface area contributed by atoms with Crippen LogP contribution in [0.1, 0.15) is 23.3 Å². The maximum Gasteiger partial charge on any atom is 0.450 e. The standard InChI is InChI=1S/C21H13F3N2O3/c22-21(23,24)18-15(12-4-2-1-3-5-12)11-17(28-18)20-25-19(26-29-20)14-6-7-16-13(10-14)8-9-27-16/h1-11,20H,(H,25,26). The molecule has 0 bridgehead atoms. The minimum Gasteiger partial charge on any atom is -0.464 e. The second-order valence-electron chi connectivity index (χ2n) is 6.48.